The first-order valence-corrected chi connectivity index (χ1v) is 8.62. The van der Waals surface area contributed by atoms with Gasteiger partial charge in [0.05, 0.1) is 11.5 Å². The van der Waals surface area contributed by atoms with E-state index in [9.17, 15) is 8.42 Å². The molecule has 114 valence electrons. The average Bonchev–Trinajstić information content (AvgIpc) is 2.77. The van der Waals surface area contributed by atoms with Gasteiger partial charge in [-0.15, -0.1) is 0 Å². The molecular weight excluding hydrogens is 276 g/mol. The first-order chi connectivity index (χ1) is 9.35. The minimum atomic E-state index is -3.51. The highest BCUT2D eigenvalue weighted by molar-refractivity contribution is 7.89. The maximum Gasteiger partial charge on any atom is 0.242 e. The average molecular weight is 300 g/mol. The number of hydrogen-bond donors (Lipinski definition) is 2. The molecule has 1 aromatic rings. The van der Waals surface area contributed by atoms with E-state index < -0.39 is 10.0 Å². The highest BCUT2D eigenvalue weighted by Gasteiger charge is 2.31. The van der Waals surface area contributed by atoms with Crippen molar-refractivity contribution in [3.05, 3.63) is 18.0 Å². The van der Waals surface area contributed by atoms with Crippen LogP contribution in [-0.4, -0.2) is 24.1 Å². The molecule has 1 saturated carbocycles. The predicted molar refractivity (Wildman–Crippen MR) is 77.6 cm³/mol. The van der Waals surface area contributed by atoms with E-state index in [2.05, 4.69) is 18.6 Å². The predicted octanol–water partition coefficient (Wildman–Crippen LogP) is 1.62. The molecule has 0 bridgehead atoms. The summed E-state index contributed by atoms with van der Waals surface area (Å²) in [6, 6.07) is 1.53. The van der Waals surface area contributed by atoms with E-state index in [-0.39, 0.29) is 17.5 Å². The molecule has 1 heterocycles. The smallest absolute Gasteiger partial charge is 0.242 e. The summed E-state index contributed by atoms with van der Waals surface area (Å²) in [6.07, 6.45) is 4.67. The number of hydrogen-bond acceptors (Lipinski definition) is 3. The lowest BCUT2D eigenvalue weighted by molar-refractivity contribution is 0.227. The van der Waals surface area contributed by atoms with Crippen molar-refractivity contribution in [1.29, 1.82) is 0 Å². The van der Waals surface area contributed by atoms with Gasteiger partial charge >= 0.3 is 0 Å². The number of rotatable bonds is 4. The summed E-state index contributed by atoms with van der Waals surface area (Å²) in [5.74, 6) is 0.889. The third-order valence-electron chi connectivity index (χ3n) is 4.57. The Morgan fingerprint density at radius 2 is 2.10 bits per heavy atom. The number of nitrogens with zero attached hydrogens (tertiary/aromatic N) is 1. The second-order valence-corrected chi connectivity index (χ2v) is 7.65. The summed E-state index contributed by atoms with van der Waals surface area (Å²) in [5, 5.41) is 9.16. The van der Waals surface area contributed by atoms with Crippen LogP contribution in [0.25, 0.3) is 0 Å². The molecule has 3 unspecified atom stereocenters. The first-order valence-electron chi connectivity index (χ1n) is 7.13. The maximum atomic E-state index is 12.4. The second kappa shape index (κ2) is 5.87. The van der Waals surface area contributed by atoms with E-state index in [1.54, 1.807) is 17.8 Å². The van der Waals surface area contributed by atoms with Crippen LogP contribution in [0.15, 0.2) is 17.2 Å². The molecule has 3 atom stereocenters. The van der Waals surface area contributed by atoms with Crippen molar-refractivity contribution in [2.45, 2.75) is 50.7 Å². The highest BCUT2D eigenvalue weighted by Crippen LogP contribution is 2.30. The molecule has 0 aliphatic heterocycles. The van der Waals surface area contributed by atoms with Crippen molar-refractivity contribution in [2.24, 2.45) is 18.9 Å². The largest absolute Gasteiger partial charge is 0.390 e. The molecule has 0 aromatic carbocycles. The molecule has 20 heavy (non-hydrogen) atoms. The summed E-state index contributed by atoms with van der Waals surface area (Å²) in [6.45, 7) is 4.13. The quantitative estimate of drug-likeness (QED) is 0.887. The van der Waals surface area contributed by atoms with Crippen LogP contribution >= 0.6 is 0 Å². The Morgan fingerprint density at radius 1 is 1.40 bits per heavy atom. The molecule has 1 aliphatic rings. The Kier molecular flexibility index (Phi) is 4.56. The Bertz CT molecular complexity index is 565. The van der Waals surface area contributed by atoms with Gasteiger partial charge in [-0.1, -0.05) is 26.7 Å². The summed E-state index contributed by atoms with van der Waals surface area (Å²) >= 11 is 0. The fourth-order valence-electron chi connectivity index (χ4n) is 2.90. The standard InChI is InChI=1S/C14H24N2O3S/c1-10-5-4-6-14(11(10)2)15-20(18,19)13-7-12(9-17)16(3)8-13/h7-8,10-11,14-15,17H,4-6,9H2,1-3H3. The molecule has 1 fully saturated rings. The molecule has 5 nitrogen and oxygen atoms in total. The van der Waals surface area contributed by atoms with Gasteiger partial charge in [0.1, 0.15) is 0 Å². The fourth-order valence-corrected chi connectivity index (χ4v) is 4.35. The van der Waals surface area contributed by atoms with Crippen molar-refractivity contribution in [1.82, 2.24) is 9.29 Å². The lowest BCUT2D eigenvalue weighted by atomic mass is 9.78. The van der Waals surface area contributed by atoms with Crippen LogP contribution in [0.2, 0.25) is 0 Å². The SMILES string of the molecule is CC1CCCC(NS(=O)(=O)c2cc(CO)n(C)c2)C1C. The maximum absolute atomic E-state index is 12.4. The van der Waals surface area contributed by atoms with Gasteiger partial charge in [-0.05, 0) is 24.3 Å². The molecule has 0 saturated heterocycles. The number of aliphatic hydroxyl groups is 1. The van der Waals surface area contributed by atoms with Crippen molar-refractivity contribution in [2.75, 3.05) is 0 Å². The lowest BCUT2D eigenvalue weighted by Crippen LogP contribution is -2.43. The Hall–Kier alpha value is -0.850. The fraction of sp³-hybridized carbons (Fsp3) is 0.714. The molecule has 0 amide bonds. The van der Waals surface area contributed by atoms with Gasteiger partial charge in [0.15, 0.2) is 0 Å². The zero-order chi connectivity index (χ0) is 14.9. The third-order valence-corrected chi connectivity index (χ3v) is 6.03. The number of aliphatic hydroxyl groups excluding tert-OH is 1. The first kappa shape index (κ1) is 15.5. The summed E-state index contributed by atoms with van der Waals surface area (Å²) in [7, 11) is -1.78. The van der Waals surface area contributed by atoms with E-state index in [1.165, 1.54) is 12.5 Å². The minimum Gasteiger partial charge on any atom is -0.390 e. The minimum absolute atomic E-state index is 0.00142. The van der Waals surface area contributed by atoms with Gasteiger partial charge in [-0.2, -0.15) is 0 Å². The summed E-state index contributed by atoms with van der Waals surface area (Å²) < 4.78 is 29.3. The zero-order valence-corrected chi connectivity index (χ0v) is 13.2. The van der Waals surface area contributed by atoms with E-state index in [1.807, 2.05) is 0 Å². The van der Waals surface area contributed by atoms with Gasteiger partial charge in [0, 0.05) is 25.0 Å². The van der Waals surface area contributed by atoms with E-state index >= 15 is 0 Å². The number of nitrogens with one attached hydrogen (secondary N) is 1. The van der Waals surface area contributed by atoms with Gasteiger partial charge in [0.2, 0.25) is 10.0 Å². The number of sulfonamides is 1. The van der Waals surface area contributed by atoms with E-state index in [4.69, 9.17) is 5.11 Å². The molecule has 0 radical (unpaired) electrons. The molecule has 1 aromatic heterocycles. The van der Waals surface area contributed by atoms with Crippen molar-refractivity contribution in [3.63, 3.8) is 0 Å². The second-order valence-electron chi connectivity index (χ2n) is 5.93. The van der Waals surface area contributed by atoms with Crippen LogP contribution in [0.4, 0.5) is 0 Å². The molecule has 6 heteroatoms. The van der Waals surface area contributed by atoms with Crippen molar-refractivity contribution >= 4 is 10.0 Å². The Morgan fingerprint density at radius 3 is 2.70 bits per heavy atom. The van der Waals surface area contributed by atoms with Gasteiger partial charge < -0.3 is 9.67 Å². The molecule has 2 rings (SSSR count). The van der Waals surface area contributed by atoms with Crippen LogP contribution in [-0.2, 0) is 23.7 Å². The van der Waals surface area contributed by atoms with Gasteiger partial charge in [0.25, 0.3) is 0 Å². The Balaban J connectivity index is 2.18. The molecular formula is C14H24N2O3S. The summed E-state index contributed by atoms with van der Waals surface area (Å²) in [5.41, 5.74) is 0.593. The number of aromatic nitrogens is 1. The van der Waals surface area contributed by atoms with E-state index in [0.717, 1.165) is 12.8 Å². The van der Waals surface area contributed by atoms with Crippen LogP contribution < -0.4 is 4.72 Å². The molecule has 1 aliphatic carbocycles. The normalized spacial score (nSPS) is 27.7. The van der Waals surface area contributed by atoms with Crippen LogP contribution in [0.1, 0.15) is 38.8 Å². The topological polar surface area (TPSA) is 71.3 Å². The molecule has 2 N–H and O–H groups in total. The van der Waals surface area contributed by atoms with Crippen LogP contribution in [0.3, 0.4) is 0 Å². The van der Waals surface area contributed by atoms with E-state index in [0.29, 0.717) is 17.5 Å². The van der Waals surface area contributed by atoms with Crippen LogP contribution in [0, 0.1) is 11.8 Å². The van der Waals surface area contributed by atoms with Crippen molar-refractivity contribution < 1.29 is 13.5 Å². The Labute approximate surface area is 121 Å². The lowest BCUT2D eigenvalue weighted by Gasteiger charge is -2.34. The highest BCUT2D eigenvalue weighted by atomic mass is 32.2. The van der Waals surface area contributed by atoms with Crippen molar-refractivity contribution in [3.8, 4) is 0 Å². The third kappa shape index (κ3) is 3.07. The van der Waals surface area contributed by atoms with Gasteiger partial charge in [-0.3, -0.25) is 0 Å². The van der Waals surface area contributed by atoms with Crippen LogP contribution in [0.5, 0.6) is 0 Å². The zero-order valence-electron chi connectivity index (χ0n) is 12.3. The number of aryl methyl sites for hydroxylation is 1. The summed E-state index contributed by atoms with van der Waals surface area (Å²) in [4.78, 5) is 0.231. The molecule has 0 spiro atoms. The van der Waals surface area contributed by atoms with Gasteiger partial charge in [-0.25, -0.2) is 13.1 Å². The monoisotopic (exact) mass is 300 g/mol.